The molecule has 56 valence electrons. The molecule has 0 fully saturated rings. The highest BCUT2D eigenvalue weighted by atomic mass is 79.9. The second-order valence-electron chi connectivity index (χ2n) is 3.24. The van der Waals surface area contributed by atoms with Gasteiger partial charge in [0.1, 0.15) is 8.07 Å². The third-order valence-corrected chi connectivity index (χ3v) is 4.61. The van der Waals surface area contributed by atoms with E-state index in [0.29, 0.717) is 0 Å². The van der Waals surface area contributed by atoms with E-state index < -0.39 is 8.07 Å². The minimum absolute atomic E-state index is 1.00. The van der Waals surface area contributed by atoms with Gasteiger partial charge < -0.3 is 0 Å². The molecular formula is C6H10BrNSSi. The van der Waals surface area contributed by atoms with E-state index in [1.807, 2.05) is 0 Å². The minimum Gasteiger partial charge on any atom is -0.239 e. The zero-order valence-electron chi connectivity index (χ0n) is 6.31. The highest BCUT2D eigenvalue weighted by molar-refractivity contribution is 9.11. The summed E-state index contributed by atoms with van der Waals surface area (Å²) in [7, 11) is -1.14. The van der Waals surface area contributed by atoms with Gasteiger partial charge in [0.05, 0.1) is 0 Å². The third-order valence-electron chi connectivity index (χ3n) is 1.24. The predicted octanol–water partition coefficient (Wildman–Crippen LogP) is 2.45. The number of halogens is 1. The SMILES string of the molecule is C[Si](C)(C)c1csc(Br)n1. The molecule has 10 heavy (non-hydrogen) atoms. The molecule has 0 saturated carbocycles. The maximum absolute atomic E-state index is 4.38. The fraction of sp³-hybridized carbons (Fsp3) is 0.500. The van der Waals surface area contributed by atoms with Crippen LogP contribution in [-0.4, -0.2) is 13.1 Å². The van der Waals surface area contributed by atoms with E-state index in [1.165, 1.54) is 5.32 Å². The molecule has 0 spiro atoms. The molecule has 4 heteroatoms. The maximum atomic E-state index is 4.38. The lowest BCUT2D eigenvalue weighted by molar-refractivity contribution is 1.41. The van der Waals surface area contributed by atoms with Crippen LogP contribution in [0.4, 0.5) is 0 Å². The Bertz CT molecular complexity index is 228. The molecule has 1 rings (SSSR count). The second-order valence-corrected chi connectivity index (χ2v) is 10.4. The summed E-state index contributed by atoms with van der Waals surface area (Å²) in [6.07, 6.45) is 0. The Hall–Kier alpha value is 0.327. The van der Waals surface area contributed by atoms with E-state index in [0.717, 1.165) is 3.92 Å². The fourth-order valence-electron chi connectivity index (χ4n) is 0.596. The van der Waals surface area contributed by atoms with Gasteiger partial charge in [-0.25, -0.2) is 4.98 Å². The molecule has 0 aliphatic heterocycles. The Labute approximate surface area is 74.6 Å². The first-order valence-corrected chi connectivity index (χ1v) is 8.29. The monoisotopic (exact) mass is 235 g/mol. The van der Waals surface area contributed by atoms with Gasteiger partial charge in [-0.3, -0.25) is 0 Å². The van der Waals surface area contributed by atoms with Gasteiger partial charge in [-0.15, -0.1) is 11.3 Å². The van der Waals surface area contributed by atoms with Gasteiger partial charge >= 0.3 is 0 Å². The van der Waals surface area contributed by atoms with Crippen molar-refractivity contribution >= 4 is 40.7 Å². The van der Waals surface area contributed by atoms with E-state index in [2.05, 4.69) is 45.9 Å². The van der Waals surface area contributed by atoms with Crippen LogP contribution in [-0.2, 0) is 0 Å². The smallest absolute Gasteiger partial charge is 0.158 e. The molecule has 0 amide bonds. The lowest BCUT2D eigenvalue weighted by Gasteiger charge is -2.10. The van der Waals surface area contributed by atoms with Crippen LogP contribution in [0.3, 0.4) is 0 Å². The van der Waals surface area contributed by atoms with Crippen LogP contribution < -0.4 is 5.32 Å². The number of thiazole rings is 1. The van der Waals surface area contributed by atoms with Gasteiger partial charge in [0.25, 0.3) is 0 Å². The molecule has 0 N–H and O–H groups in total. The van der Waals surface area contributed by atoms with Crippen LogP contribution in [0.1, 0.15) is 0 Å². The van der Waals surface area contributed by atoms with Crippen LogP contribution in [0, 0.1) is 0 Å². The lowest BCUT2D eigenvalue weighted by Crippen LogP contribution is -2.38. The molecule has 1 nitrogen and oxygen atoms in total. The van der Waals surface area contributed by atoms with Gasteiger partial charge in [-0.05, 0) is 15.9 Å². The maximum Gasteiger partial charge on any atom is 0.158 e. The number of nitrogens with zero attached hydrogens (tertiary/aromatic N) is 1. The molecule has 1 heterocycles. The largest absolute Gasteiger partial charge is 0.239 e. The molecule has 1 aromatic rings. The molecule has 0 radical (unpaired) electrons. The van der Waals surface area contributed by atoms with Gasteiger partial charge in [0.2, 0.25) is 0 Å². The molecule has 1 aromatic heterocycles. The molecule has 0 aromatic carbocycles. The topological polar surface area (TPSA) is 12.9 Å². The highest BCUT2D eigenvalue weighted by Crippen LogP contribution is 2.13. The number of hydrogen-bond donors (Lipinski definition) is 0. The van der Waals surface area contributed by atoms with Crippen molar-refractivity contribution in [2.24, 2.45) is 0 Å². The quantitative estimate of drug-likeness (QED) is 0.682. The first-order chi connectivity index (χ1) is 4.50. The summed E-state index contributed by atoms with van der Waals surface area (Å²) in [5, 5.41) is 3.44. The van der Waals surface area contributed by atoms with Crippen molar-refractivity contribution in [2.75, 3.05) is 0 Å². The third kappa shape index (κ3) is 1.90. The van der Waals surface area contributed by atoms with Crippen molar-refractivity contribution in [1.29, 1.82) is 0 Å². The van der Waals surface area contributed by atoms with Gasteiger partial charge in [0.15, 0.2) is 3.92 Å². The summed E-state index contributed by atoms with van der Waals surface area (Å²) >= 11 is 5.03. The van der Waals surface area contributed by atoms with Crippen LogP contribution in [0.2, 0.25) is 19.6 Å². The first-order valence-electron chi connectivity index (χ1n) is 3.11. The molecule has 0 aliphatic rings. The standard InChI is InChI=1S/C6H10BrNSSi/c1-10(2,3)5-4-9-6(7)8-5/h4H,1-3H3. The first kappa shape index (κ1) is 8.42. The minimum atomic E-state index is -1.14. The van der Waals surface area contributed by atoms with Crippen molar-refractivity contribution in [1.82, 2.24) is 4.98 Å². The fourth-order valence-corrected chi connectivity index (χ4v) is 3.76. The van der Waals surface area contributed by atoms with Crippen molar-refractivity contribution in [2.45, 2.75) is 19.6 Å². The summed E-state index contributed by atoms with van der Waals surface area (Å²) in [6.45, 7) is 6.90. The average Bonchev–Trinajstić information content (AvgIpc) is 2.11. The van der Waals surface area contributed by atoms with Crippen LogP contribution in [0.25, 0.3) is 0 Å². The Morgan fingerprint density at radius 1 is 1.50 bits per heavy atom. The summed E-state index contributed by atoms with van der Waals surface area (Å²) in [5.74, 6) is 0. The normalized spacial score (nSPS) is 12.0. The molecule has 0 bridgehead atoms. The summed E-state index contributed by atoms with van der Waals surface area (Å²) in [5.41, 5.74) is 0. The summed E-state index contributed by atoms with van der Waals surface area (Å²) in [6, 6.07) is 0. The van der Waals surface area contributed by atoms with Crippen molar-refractivity contribution < 1.29 is 0 Å². The predicted molar refractivity (Wildman–Crippen MR) is 52.8 cm³/mol. The zero-order chi connectivity index (χ0) is 7.78. The highest BCUT2D eigenvalue weighted by Gasteiger charge is 2.19. The Morgan fingerprint density at radius 2 is 2.10 bits per heavy atom. The van der Waals surface area contributed by atoms with Crippen LogP contribution in [0.15, 0.2) is 9.30 Å². The van der Waals surface area contributed by atoms with Gasteiger partial charge in [-0.2, -0.15) is 0 Å². The molecule has 0 aliphatic carbocycles. The zero-order valence-corrected chi connectivity index (χ0v) is 9.71. The molecule has 0 atom stereocenters. The van der Waals surface area contributed by atoms with Crippen LogP contribution in [0.5, 0.6) is 0 Å². The molecule has 0 saturated heterocycles. The van der Waals surface area contributed by atoms with E-state index in [4.69, 9.17) is 0 Å². The lowest BCUT2D eigenvalue weighted by atomic mass is 11.0. The Kier molecular flexibility index (Phi) is 2.32. The average molecular weight is 236 g/mol. The Balaban J connectivity index is 2.96. The van der Waals surface area contributed by atoms with Gasteiger partial charge in [0, 0.05) is 10.7 Å². The van der Waals surface area contributed by atoms with Crippen molar-refractivity contribution in [3.05, 3.63) is 9.30 Å². The van der Waals surface area contributed by atoms with Crippen LogP contribution >= 0.6 is 27.3 Å². The summed E-state index contributed by atoms with van der Waals surface area (Å²) < 4.78 is 1.00. The molecular weight excluding hydrogens is 226 g/mol. The number of aromatic nitrogens is 1. The van der Waals surface area contributed by atoms with E-state index >= 15 is 0 Å². The van der Waals surface area contributed by atoms with Crippen molar-refractivity contribution in [3.63, 3.8) is 0 Å². The second kappa shape index (κ2) is 2.75. The van der Waals surface area contributed by atoms with E-state index in [9.17, 15) is 0 Å². The molecule has 0 unspecified atom stereocenters. The van der Waals surface area contributed by atoms with Crippen molar-refractivity contribution in [3.8, 4) is 0 Å². The summed E-state index contributed by atoms with van der Waals surface area (Å²) in [4.78, 5) is 4.38. The number of rotatable bonds is 1. The van der Waals surface area contributed by atoms with E-state index in [-0.39, 0.29) is 0 Å². The number of hydrogen-bond acceptors (Lipinski definition) is 2. The Morgan fingerprint density at radius 3 is 2.30 bits per heavy atom. The van der Waals surface area contributed by atoms with Gasteiger partial charge in [-0.1, -0.05) is 19.6 Å². The van der Waals surface area contributed by atoms with E-state index in [1.54, 1.807) is 11.3 Å².